The van der Waals surface area contributed by atoms with Crippen molar-refractivity contribution >= 4 is 34.8 Å². The van der Waals surface area contributed by atoms with Gasteiger partial charge in [-0.2, -0.15) is 5.10 Å². The van der Waals surface area contributed by atoms with Crippen LogP contribution in [0.3, 0.4) is 0 Å². The number of para-hydroxylation sites is 1. The Balaban J connectivity index is 1.71. The molecule has 0 aliphatic carbocycles. The van der Waals surface area contributed by atoms with Crippen LogP contribution in [-0.2, 0) is 11.3 Å². The second kappa shape index (κ2) is 6.42. The lowest BCUT2D eigenvalue weighted by atomic mass is 10.0. The number of benzene rings is 2. The van der Waals surface area contributed by atoms with Crippen molar-refractivity contribution in [3.05, 3.63) is 81.9 Å². The fraction of sp³-hybridized carbons (Fsp3) is 0.100. The maximum absolute atomic E-state index is 13.1. The predicted molar refractivity (Wildman–Crippen MR) is 100 cm³/mol. The average Bonchev–Trinajstić information content (AvgIpc) is 3.08. The Morgan fingerprint density at radius 2 is 1.92 bits per heavy atom. The first-order valence-electron chi connectivity index (χ1n) is 8.13. The molecule has 130 valence electrons. The van der Waals surface area contributed by atoms with Gasteiger partial charge in [-0.1, -0.05) is 41.9 Å². The van der Waals surface area contributed by atoms with E-state index in [0.29, 0.717) is 22.8 Å². The number of carbonyl (C=O) groups excluding carboxylic acids is 1. The minimum atomic E-state index is -0.284. The molecule has 1 N–H and O–H groups in total. The van der Waals surface area contributed by atoms with E-state index in [1.807, 2.05) is 31.2 Å². The van der Waals surface area contributed by atoms with Gasteiger partial charge in [-0.3, -0.25) is 4.79 Å². The third kappa shape index (κ3) is 2.91. The van der Waals surface area contributed by atoms with Gasteiger partial charge in [-0.05, 0) is 36.8 Å². The summed E-state index contributed by atoms with van der Waals surface area (Å²) in [5.74, 6) is -0.444. The zero-order chi connectivity index (χ0) is 18.3. The van der Waals surface area contributed by atoms with Crippen LogP contribution in [0.1, 0.15) is 22.4 Å². The molecule has 3 aromatic rings. The molecule has 1 aromatic heterocycles. The number of anilines is 1. The fourth-order valence-corrected chi connectivity index (χ4v) is 3.31. The van der Waals surface area contributed by atoms with Crippen LogP contribution in [0.25, 0.3) is 11.6 Å². The Hall–Kier alpha value is -2.92. The molecular weight excluding hydrogens is 353 g/mol. The number of nitrogens with one attached hydrogen (secondary N) is 1. The highest BCUT2D eigenvalue weighted by atomic mass is 35.5. The average molecular weight is 368 g/mol. The maximum atomic E-state index is 13.1. The van der Waals surface area contributed by atoms with E-state index in [9.17, 15) is 9.18 Å². The number of fused-ring (bicyclic) bond motifs is 1. The molecule has 26 heavy (non-hydrogen) atoms. The van der Waals surface area contributed by atoms with Gasteiger partial charge in [0.15, 0.2) is 0 Å². The zero-order valence-corrected chi connectivity index (χ0v) is 14.7. The molecule has 4 rings (SSSR count). The SMILES string of the molecule is Cc1nn(Cc2ccc(F)cc2)c(Cl)c1C=C1C(=O)Nc2ccccc21. The minimum absolute atomic E-state index is 0.159. The molecule has 6 heteroatoms. The van der Waals surface area contributed by atoms with Gasteiger partial charge >= 0.3 is 0 Å². The van der Waals surface area contributed by atoms with Crippen molar-refractivity contribution in [2.75, 3.05) is 5.32 Å². The standard InChI is InChI=1S/C20H15ClFN3O/c1-12-16(10-17-15-4-2-3-5-18(15)23-20(17)26)19(21)25(24-12)11-13-6-8-14(22)9-7-13/h2-10H,11H2,1H3,(H,23,26). The zero-order valence-electron chi connectivity index (χ0n) is 14.0. The molecule has 0 fully saturated rings. The Kier molecular flexibility index (Phi) is 4.09. The van der Waals surface area contributed by atoms with E-state index in [4.69, 9.17) is 11.6 Å². The summed E-state index contributed by atoms with van der Waals surface area (Å²) < 4.78 is 14.7. The van der Waals surface area contributed by atoms with Gasteiger partial charge in [-0.15, -0.1) is 0 Å². The van der Waals surface area contributed by atoms with Gasteiger partial charge in [0.25, 0.3) is 5.91 Å². The third-order valence-electron chi connectivity index (χ3n) is 4.35. The van der Waals surface area contributed by atoms with E-state index < -0.39 is 0 Å². The van der Waals surface area contributed by atoms with Gasteiger partial charge in [0.1, 0.15) is 11.0 Å². The number of amides is 1. The molecule has 4 nitrogen and oxygen atoms in total. The van der Waals surface area contributed by atoms with E-state index in [0.717, 1.165) is 22.5 Å². The first-order chi connectivity index (χ1) is 12.5. The second-order valence-electron chi connectivity index (χ2n) is 6.13. The monoisotopic (exact) mass is 367 g/mol. The van der Waals surface area contributed by atoms with Gasteiger partial charge in [0.2, 0.25) is 0 Å². The van der Waals surface area contributed by atoms with Crippen LogP contribution in [0.5, 0.6) is 0 Å². The van der Waals surface area contributed by atoms with Crippen LogP contribution in [0.2, 0.25) is 5.15 Å². The largest absolute Gasteiger partial charge is 0.321 e. The van der Waals surface area contributed by atoms with E-state index in [1.165, 1.54) is 12.1 Å². The molecule has 0 unspecified atom stereocenters. The molecule has 0 bridgehead atoms. The van der Waals surface area contributed by atoms with Crippen LogP contribution in [0, 0.1) is 12.7 Å². The number of aryl methyl sites for hydroxylation is 1. The summed E-state index contributed by atoms with van der Waals surface area (Å²) in [7, 11) is 0. The second-order valence-corrected chi connectivity index (χ2v) is 6.49. The number of hydrogen-bond acceptors (Lipinski definition) is 2. The molecule has 0 saturated carbocycles. The highest BCUT2D eigenvalue weighted by molar-refractivity contribution is 6.36. The Morgan fingerprint density at radius 1 is 1.19 bits per heavy atom. The van der Waals surface area contributed by atoms with Crippen molar-refractivity contribution in [3.8, 4) is 0 Å². The lowest BCUT2D eigenvalue weighted by molar-refractivity contribution is -0.110. The molecule has 0 atom stereocenters. The van der Waals surface area contributed by atoms with Crippen LogP contribution in [0.15, 0.2) is 48.5 Å². The lowest BCUT2D eigenvalue weighted by Crippen LogP contribution is -2.03. The quantitative estimate of drug-likeness (QED) is 0.691. The van der Waals surface area contributed by atoms with Crippen molar-refractivity contribution in [2.45, 2.75) is 13.5 Å². The molecule has 0 radical (unpaired) electrons. The predicted octanol–water partition coefficient (Wildman–Crippen LogP) is 4.53. The number of nitrogens with zero attached hydrogens (tertiary/aromatic N) is 2. The summed E-state index contributed by atoms with van der Waals surface area (Å²) in [6, 6.07) is 13.7. The Labute approximate surface area is 154 Å². The number of aromatic nitrogens is 2. The Bertz CT molecular complexity index is 1040. The molecule has 1 aliphatic heterocycles. The molecule has 2 aromatic carbocycles. The smallest absolute Gasteiger partial charge is 0.256 e. The summed E-state index contributed by atoms with van der Waals surface area (Å²) in [5, 5.41) is 7.75. The summed E-state index contributed by atoms with van der Waals surface area (Å²) in [6.45, 7) is 2.27. The fourth-order valence-electron chi connectivity index (χ4n) is 3.03. The van der Waals surface area contributed by atoms with Gasteiger partial charge in [-0.25, -0.2) is 9.07 Å². The highest BCUT2D eigenvalue weighted by Gasteiger charge is 2.24. The van der Waals surface area contributed by atoms with E-state index >= 15 is 0 Å². The van der Waals surface area contributed by atoms with Gasteiger partial charge in [0.05, 0.1) is 12.2 Å². The van der Waals surface area contributed by atoms with Crippen molar-refractivity contribution in [2.24, 2.45) is 0 Å². The lowest BCUT2D eigenvalue weighted by Gasteiger charge is -2.04. The molecular formula is C20H15ClFN3O. The molecule has 0 spiro atoms. The first-order valence-corrected chi connectivity index (χ1v) is 8.50. The van der Waals surface area contributed by atoms with Crippen LogP contribution >= 0.6 is 11.6 Å². The molecule has 2 heterocycles. The number of rotatable bonds is 3. The van der Waals surface area contributed by atoms with E-state index in [2.05, 4.69) is 10.4 Å². The van der Waals surface area contributed by atoms with Crippen molar-refractivity contribution in [1.82, 2.24) is 9.78 Å². The van der Waals surface area contributed by atoms with E-state index in [-0.39, 0.29) is 11.7 Å². The Morgan fingerprint density at radius 3 is 2.69 bits per heavy atom. The van der Waals surface area contributed by atoms with Crippen LogP contribution < -0.4 is 5.32 Å². The topological polar surface area (TPSA) is 46.9 Å². The van der Waals surface area contributed by atoms with Crippen molar-refractivity contribution in [3.63, 3.8) is 0 Å². The van der Waals surface area contributed by atoms with Crippen molar-refractivity contribution in [1.29, 1.82) is 0 Å². The van der Waals surface area contributed by atoms with Crippen LogP contribution in [-0.4, -0.2) is 15.7 Å². The van der Waals surface area contributed by atoms with Crippen molar-refractivity contribution < 1.29 is 9.18 Å². The molecule has 0 saturated heterocycles. The van der Waals surface area contributed by atoms with Gasteiger partial charge < -0.3 is 5.32 Å². The first kappa shape index (κ1) is 16.5. The number of hydrogen-bond donors (Lipinski definition) is 1. The molecule has 1 amide bonds. The summed E-state index contributed by atoms with van der Waals surface area (Å²) in [6.07, 6.45) is 1.77. The van der Waals surface area contributed by atoms with Crippen LogP contribution in [0.4, 0.5) is 10.1 Å². The summed E-state index contributed by atoms with van der Waals surface area (Å²) in [5.41, 5.74) is 4.51. The summed E-state index contributed by atoms with van der Waals surface area (Å²) in [4.78, 5) is 12.3. The number of halogens is 2. The van der Waals surface area contributed by atoms with Gasteiger partial charge in [0, 0.05) is 22.4 Å². The van der Waals surface area contributed by atoms with E-state index in [1.54, 1.807) is 22.9 Å². The summed E-state index contributed by atoms with van der Waals surface area (Å²) >= 11 is 6.51. The maximum Gasteiger partial charge on any atom is 0.256 e. The number of carbonyl (C=O) groups is 1. The minimum Gasteiger partial charge on any atom is -0.321 e. The highest BCUT2D eigenvalue weighted by Crippen LogP contribution is 2.34. The third-order valence-corrected chi connectivity index (χ3v) is 4.75. The normalized spacial score (nSPS) is 14.6. The molecule has 1 aliphatic rings.